The van der Waals surface area contributed by atoms with Gasteiger partial charge in [-0.15, -0.1) is 0 Å². The third-order valence-electron chi connectivity index (χ3n) is 2.32. The zero-order valence-corrected chi connectivity index (χ0v) is 12.8. The molecular formula is C9H15BrClN3O2S. The van der Waals surface area contributed by atoms with Gasteiger partial charge in [-0.25, -0.2) is 13.1 Å². The molecule has 1 unspecified atom stereocenters. The number of nitrogens with one attached hydrogen (secondary N) is 1. The van der Waals surface area contributed by atoms with E-state index < -0.39 is 10.0 Å². The minimum atomic E-state index is -3.59. The first kappa shape index (κ1) is 14.9. The average molecular weight is 345 g/mol. The molecule has 1 heterocycles. The summed E-state index contributed by atoms with van der Waals surface area (Å²) in [6, 6.07) is 0. The molecule has 1 aromatic rings. The lowest BCUT2D eigenvalue weighted by molar-refractivity contribution is 0.524. The standard InChI is InChI=1S/C9H15BrClN3O2S/c1-7(3-4-10)5-13-17(15,16)9-8(11)6-12-14(9)2/h6-7,13H,3-5H2,1-2H3. The third kappa shape index (κ3) is 3.94. The Hall–Kier alpha value is -0.110. The Bertz CT molecular complexity index is 455. The van der Waals surface area contributed by atoms with E-state index >= 15 is 0 Å². The number of aromatic nitrogens is 2. The molecule has 0 saturated carbocycles. The Balaban J connectivity index is 2.76. The second kappa shape index (κ2) is 6.17. The molecule has 0 aromatic carbocycles. The number of alkyl halides is 1. The Morgan fingerprint density at radius 3 is 2.76 bits per heavy atom. The maximum atomic E-state index is 12.0. The lowest BCUT2D eigenvalue weighted by Gasteiger charge is -2.11. The van der Waals surface area contributed by atoms with E-state index in [9.17, 15) is 8.42 Å². The topological polar surface area (TPSA) is 64.0 Å². The van der Waals surface area contributed by atoms with Crippen LogP contribution in [0.1, 0.15) is 13.3 Å². The molecule has 1 aromatic heterocycles. The van der Waals surface area contributed by atoms with Gasteiger partial charge in [0.05, 0.1) is 11.2 Å². The summed E-state index contributed by atoms with van der Waals surface area (Å²) in [4.78, 5) is 0. The van der Waals surface area contributed by atoms with E-state index in [1.54, 1.807) is 7.05 Å². The quantitative estimate of drug-likeness (QED) is 0.800. The lowest BCUT2D eigenvalue weighted by atomic mass is 10.1. The second-order valence-electron chi connectivity index (χ2n) is 3.86. The van der Waals surface area contributed by atoms with Gasteiger partial charge in [-0.3, -0.25) is 4.68 Å². The van der Waals surface area contributed by atoms with Crippen molar-refractivity contribution in [3.63, 3.8) is 0 Å². The van der Waals surface area contributed by atoms with Crippen LogP contribution in [0.3, 0.4) is 0 Å². The van der Waals surface area contributed by atoms with Crippen LogP contribution in [0.15, 0.2) is 11.2 Å². The molecule has 1 N–H and O–H groups in total. The monoisotopic (exact) mass is 343 g/mol. The van der Waals surface area contributed by atoms with Gasteiger partial charge in [0.1, 0.15) is 0 Å². The highest BCUT2D eigenvalue weighted by Gasteiger charge is 2.22. The van der Waals surface area contributed by atoms with Crippen LogP contribution in [0.25, 0.3) is 0 Å². The number of rotatable bonds is 6. The number of hydrogen-bond donors (Lipinski definition) is 1. The van der Waals surface area contributed by atoms with E-state index in [2.05, 4.69) is 25.8 Å². The van der Waals surface area contributed by atoms with Gasteiger partial charge < -0.3 is 0 Å². The Labute approximate surface area is 115 Å². The molecule has 0 fully saturated rings. The van der Waals surface area contributed by atoms with Gasteiger partial charge in [0, 0.05) is 18.9 Å². The van der Waals surface area contributed by atoms with Crippen LogP contribution >= 0.6 is 27.5 Å². The fourth-order valence-corrected chi connectivity index (χ4v) is 3.91. The van der Waals surface area contributed by atoms with Gasteiger partial charge in [-0.05, 0) is 12.3 Å². The van der Waals surface area contributed by atoms with Crippen molar-refractivity contribution in [2.75, 3.05) is 11.9 Å². The summed E-state index contributed by atoms with van der Waals surface area (Å²) in [7, 11) is -2.04. The average Bonchev–Trinajstić information content (AvgIpc) is 2.57. The summed E-state index contributed by atoms with van der Waals surface area (Å²) in [5, 5.41) is 4.79. The molecule has 1 atom stereocenters. The van der Waals surface area contributed by atoms with E-state index in [4.69, 9.17) is 11.6 Å². The number of sulfonamides is 1. The minimum absolute atomic E-state index is 0.00482. The highest BCUT2D eigenvalue weighted by Crippen LogP contribution is 2.19. The first-order valence-electron chi connectivity index (χ1n) is 5.11. The number of halogens is 2. The predicted octanol–water partition coefficient (Wildman–Crippen LogP) is 1.77. The first-order valence-corrected chi connectivity index (χ1v) is 8.10. The molecule has 8 heteroatoms. The van der Waals surface area contributed by atoms with Gasteiger partial charge in [0.25, 0.3) is 10.0 Å². The molecule has 0 aliphatic rings. The van der Waals surface area contributed by atoms with Gasteiger partial charge in [-0.1, -0.05) is 34.5 Å². The highest BCUT2D eigenvalue weighted by atomic mass is 79.9. The molecule has 0 amide bonds. The Morgan fingerprint density at radius 2 is 2.29 bits per heavy atom. The van der Waals surface area contributed by atoms with Gasteiger partial charge in [0.15, 0.2) is 5.03 Å². The van der Waals surface area contributed by atoms with Crippen molar-refractivity contribution < 1.29 is 8.42 Å². The first-order chi connectivity index (χ1) is 7.88. The van der Waals surface area contributed by atoms with Crippen LogP contribution in [-0.4, -0.2) is 30.1 Å². The van der Waals surface area contributed by atoms with Gasteiger partial charge >= 0.3 is 0 Å². The second-order valence-corrected chi connectivity index (χ2v) is 6.74. The van der Waals surface area contributed by atoms with E-state index in [1.807, 2.05) is 6.92 Å². The van der Waals surface area contributed by atoms with Crippen molar-refractivity contribution in [2.45, 2.75) is 18.4 Å². The van der Waals surface area contributed by atoms with E-state index in [0.717, 1.165) is 11.8 Å². The largest absolute Gasteiger partial charge is 0.259 e. The molecular weight excluding hydrogens is 330 g/mol. The van der Waals surface area contributed by atoms with Gasteiger partial charge in [-0.2, -0.15) is 5.10 Å². The molecule has 0 aliphatic carbocycles. The van der Waals surface area contributed by atoms with Crippen LogP contribution in [0.2, 0.25) is 5.02 Å². The Morgan fingerprint density at radius 1 is 1.65 bits per heavy atom. The molecule has 98 valence electrons. The van der Waals surface area contributed by atoms with Crippen LogP contribution in [0, 0.1) is 5.92 Å². The zero-order valence-electron chi connectivity index (χ0n) is 9.65. The van der Waals surface area contributed by atoms with Crippen molar-refractivity contribution in [1.29, 1.82) is 0 Å². The van der Waals surface area contributed by atoms with Gasteiger partial charge in [0.2, 0.25) is 0 Å². The molecule has 5 nitrogen and oxygen atoms in total. The minimum Gasteiger partial charge on any atom is -0.255 e. The molecule has 0 spiro atoms. The fraction of sp³-hybridized carbons (Fsp3) is 0.667. The maximum absolute atomic E-state index is 12.0. The SMILES string of the molecule is CC(CCBr)CNS(=O)(=O)c1c(Cl)cnn1C. The van der Waals surface area contributed by atoms with Crippen LogP contribution < -0.4 is 4.72 Å². The van der Waals surface area contributed by atoms with E-state index in [-0.39, 0.29) is 16.0 Å². The highest BCUT2D eigenvalue weighted by molar-refractivity contribution is 9.09. The summed E-state index contributed by atoms with van der Waals surface area (Å²) >= 11 is 9.12. The lowest BCUT2D eigenvalue weighted by Crippen LogP contribution is -2.30. The van der Waals surface area contributed by atoms with Crippen LogP contribution in [0.5, 0.6) is 0 Å². The number of aryl methyl sites for hydroxylation is 1. The van der Waals surface area contributed by atoms with Crippen molar-refractivity contribution in [3.8, 4) is 0 Å². The molecule has 0 radical (unpaired) electrons. The summed E-state index contributed by atoms with van der Waals surface area (Å²) in [5.41, 5.74) is 0. The third-order valence-corrected chi connectivity index (χ3v) is 4.71. The fourth-order valence-electron chi connectivity index (χ4n) is 1.31. The maximum Gasteiger partial charge on any atom is 0.259 e. The normalized spacial score (nSPS) is 13.9. The summed E-state index contributed by atoms with van der Waals surface area (Å²) in [6.07, 6.45) is 2.22. The van der Waals surface area contributed by atoms with Crippen molar-refractivity contribution in [1.82, 2.24) is 14.5 Å². The van der Waals surface area contributed by atoms with E-state index in [0.29, 0.717) is 6.54 Å². The zero-order chi connectivity index (χ0) is 13.1. The summed E-state index contributed by atoms with van der Waals surface area (Å²) < 4.78 is 27.7. The van der Waals surface area contributed by atoms with Crippen LogP contribution in [0.4, 0.5) is 0 Å². The van der Waals surface area contributed by atoms with Crippen LogP contribution in [-0.2, 0) is 17.1 Å². The summed E-state index contributed by atoms with van der Waals surface area (Å²) in [5.74, 6) is 0.260. The summed E-state index contributed by atoms with van der Waals surface area (Å²) in [6.45, 7) is 2.37. The number of nitrogens with zero attached hydrogens (tertiary/aromatic N) is 2. The van der Waals surface area contributed by atoms with Crippen molar-refractivity contribution in [2.24, 2.45) is 13.0 Å². The Kier molecular flexibility index (Phi) is 5.43. The molecule has 0 aliphatic heterocycles. The molecule has 0 bridgehead atoms. The predicted molar refractivity (Wildman–Crippen MR) is 71.0 cm³/mol. The molecule has 0 saturated heterocycles. The van der Waals surface area contributed by atoms with Crippen molar-refractivity contribution >= 4 is 37.6 Å². The smallest absolute Gasteiger partial charge is 0.255 e. The van der Waals surface area contributed by atoms with E-state index in [1.165, 1.54) is 10.9 Å². The number of hydrogen-bond acceptors (Lipinski definition) is 3. The van der Waals surface area contributed by atoms with Crippen molar-refractivity contribution in [3.05, 3.63) is 11.2 Å². The molecule has 1 rings (SSSR count). The molecule has 17 heavy (non-hydrogen) atoms.